The fraction of sp³-hybridized carbons (Fsp3) is 0.519. The lowest BCUT2D eigenvalue weighted by atomic mass is 9.94. The van der Waals surface area contributed by atoms with Crippen molar-refractivity contribution in [1.82, 2.24) is 4.90 Å². The average molecular weight is 445 g/mol. The molecule has 32 heavy (non-hydrogen) atoms. The number of hydrogen-bond acceptors (Lipinski definition) is 2. The van der Waals surface area contributed by atoms with Gasteiger partial charge in [0, 0.05) is 13.5 Å². The van der Waals surface area contributed by atoms with Crippen LogP contribution in [0.3, 0.4) is 0 Å². The third-order valence-electron chi connectivity index (χ3n) is 6.29. The third-order valence-corrected chi connectivity index (χ3v) is 6.29. The van der Waals surface area contributed by atoms with E-state index in [1.807, 2.05) is 18.2 Å². The Hall–Kier alpha value is -2.32. The third kappa shape index (κ3) is 8.67. The summed E-state index contributed by atoms with van der Waals surface area (Å²) in [6.07, 6.45) is 0.307. The minimum Gasteiger partial charge on any atom is -0.303 e. The van der Waals surface area contributed by atoms with Crippen LogP contribution in [0.2, 0.25) is 0 Å². The summed E-state index contributed by atoms with van der Waals surface area (Å²) in [5.74, 6) is -1.06. The highest BCUT2D eigenvalue weighted by molar-refractivity contribution is 5.26. The molecule has 0 saturated heterocycles. The SMILES string of the molecule is CC#N.CCN(CCCc1ccc(C2CCC(C(F)(F)F)C2)cc1)CCc1ccccc1. The second kappa shape index (κ2) is 13.3. The van der Waals surface area contributed by atoms with Crippen molar-refractivity contribution in [1.29, 1.82) is 5.26 Å². The molecule has 1 fully saturated rings. The van der Waals surface area contributed by atoms with E-state index in [1.165, 1.54) is 18.1 Å². The summed E-state index contributed by atoms with van der Waals surface area (Å²) in [6.45, 7) is 6.83. The van der Waals surface area contributed by atoms with Gasteiger partial charge >= 0.3 is 6.18 Å². The van der Waals surface area contributed by atoms with Gasteiger partial charge in [-0.1, -0.05) is 61.5 Å². The van der Waals surface area contributed by atoms with Gasteiger partial charge in [0.1, 0.15) is 0 Å². The maximum absolute atomic E-state index is 12.9. The van der Waals surface area contributed by atoms with Crippen LogP contribution in [0.1, 0.15) is 62.1 Å². The quantitative estimate of drug-likeness (QED) is 0.410. The molecule has 2 nitrogen and oxygen atoms in total. The second-order valence-electron chi connectivity index (χ2n) is 8.49. The van der Waals surface area contributed by atoms with Crippen LogP contribution in [0.15, 0.2) is 54.6 Å². The lowest BCUT2D eigenvalue weighted by Gasteiger charge is -2.20. The summed E-state index contributed by atoms with van der Waals surface area (Å²) in [7, 11) is 0. The summed E-state index contributed by atoms with van der Waals surface area (Å²) in [5.41, 5.74) is 3.72. The van der Waals surface area contributed by atoms with E-state index < -0.39 is 12.1 Å². The van der Waals surface area contributed by atoms with Gasteiger partial charge in [-0.25, -0.2) is 0 Å². The summed E-state index contributed by atoms with van der Waals surface area (Å²) in [6, 6.07) is 20.6. The molecule has 3 rings (SSSR count). The van der Waals surface area contributed by atoms with Crippen molar-refractivity contribution in [3.63, 3.8) is 0 Å². The normalized spacial score (nSPS) is 18.2. The van der Waals surface area contributed by atoms with Gasteiger partial charge in [0.15, 0.2) is 0 Å². The van der Waals surface area contributed by atoms with Gasteiger partial charge in [-0.3, -0.25) is 0 Å². The minimum absolute atomic E-state index is 0.0595. The van der Waals surface area contributed by atoms with E-state index in [0.717, 1.165) is 44.5 Å². The zero-order valence-electron chi connectivity index (χ0n) is 19.2. The van der Waals surface area contributed by atoms with Crippen LogP contribution >= 0.6 is 0 Å². The minimum atomic E-state index is -4.04. The fourth-order valence-electron chi connectivity index (χ4n) is 4.40. The Morgan fingerprint density at radius 1 is 0.938 bits per heavy atom. The predicted octanol–water partition coefficient (Wildman–Crippen LogP) is 7.16. The summed E-state index contributed by atoms with van der Waals surface area (Å²) >= 11 is 0. The van der Waals surface area contributed by atoms with Gasteiger partial charge in [-0.05, 0) is 74.2 Å². The Labute approximate surface area is 191 Å². The Bertz CT molecular complexity index is 810. The van der Waals surface area contributed by atoms with Gasteiger partial charge in [0.2, 0.25) is 0 Å². The average Bonchev–Trinajstić information content (AvgIpc) is 3.29. The molecule has 0 bridgehead atoms. The Balaban J connectivity index is 0.00000114. The predicted molar refractivity (Wildman–Crippen MR) is 124 cm³/mol. The number of hydrogen-bond donors (Lipinski definition) is 0. The standard InChI is InChI=1S/C25H32F3N.C2H3N/c1-2-29(18-16-20-7-4-3-5-8-20)17-6-9-21-10-12-22(13-11-21)23-14-15-24(19-23)25(26,27)28;1-2-3/h3-5,7-8,10-13,23-24H,2,6,9,14-19H2,1H3;1H3. The molecule has 0 N–H and O–H groups in total. The molecule has 2 atom stereocenters. The molecule has 0 amide bonds. The molecule has 1 saturated carbocycles. The molecule has 2 unspecified atom stereocenters. The van der Waals surface area contributed by atoms with E-state index in [-0.39, 0.29) is 18.8 Å². The number of nitrogens with zero attached hydrogens (tertiary/aromatic N) is 2. The summed E-state index contributed by atoms with van der Waals surface area (Å²) < 4.78 is 38.7. The summed E-state index contributed by atoms with van der Waals surface area (Å²) in [4.78, 5) is 2.48. The number of halogens is 3. The molecule has 0 heterocycles. The molecule has 2 aromatic rings. The molecular weight excluding hydrogens is 409 g/mol. The lowest BCUT2D eigenvalue weighted by molar-refractivity contribution is -0.172. The zero-order valence-corrected chi connectivity index (χ0v) is 19.2. The van der Waals surface area contributed by atoms with Crippen LogP contribution in [0.5, 0.6) is 0 Å². The Morgan fingerprint density at radius 2 is 1.56 bits per heavy atom. The maximum atomic E-state index is 12.9. The van der Waals surface area contributed by atoms with Crippen LogP contribution in [0.25, 0.3) is 0 Å². The van der Waals surface area contributed by atoms with Crippen molar-refractivity contribution in [2.75, 3.05) is 19.6 Å². The van der Waals surface area contributed by atoms with Gasteiger partial charge in [-0.15, -0.1) is 0 Å². The van der Waals surface area contributed by atoms with Crippen molar-refractivity contribution < 1.29 is 13.2 Å². The van der Waals surface area contributed by atoms with Crippen molar-refractivity contribution in [3.8, 4) is 6.07 Å². The first-order valence-electron chi connectivity index (χ1n) is 11.6. The van der Waals surface area contributed by atoms with Crippen molar-refractivity contribution >= 4 is 0 Å². The first-order chi connectivity index (χ1) is 15.4. The van der Waals surface area contributed by atoms with E-state index in [1.54, 1.807) is 6.07 Å². The molecule has 5 heteroatoms. The molecule has 0 aliphatic heterocycles. The first kappa shape index (κ1) is 25.9. The second-order valence-corrected chi connectivity index (χ2v) is 8.49. The van der Waals surface area contributed by atoms with Gasteiger partial charge in [-0.2, -0.15) is 18.4 Å². The van der Waals surface area contributed by atoms with E-state index in [2.05, 4.69) is 48.2 Å². The van der Waals surface area contributed by atoms with Crippen LogP contribution in [-0.4, -0.2) is 30.7 Å². The number of alkyl halides is 3. The molecule has 1 aliphatic rings. The van der Waals surface area contributed by atoms with E-state index in [4.69, 9.17) is 5.26 Å². The van der Waals surface area contributed by atoms with Crippen LogP contribution in [0, 0.1) is 17.2 Å². The van der Waals surface area contributed by atoms with Crippen molar-refractivity contribution in [2.45, 2.75) is 64.5 Å². The summed E-state index contributed by atoms with van der Waals surface area (Å²) in [5, 5.41) is 7.32. The van der Waals surface area contributed by atoms with Crippen molar-refractivity contribution in [3.05, 3.63) is 71.3 Å². The van der Waals surface area contributed by atoms with Gasteiger partial charge < -0.3 is 4.90 Å². The topological polar surface area (TPSA) is 27.0 Å². The number of rotatable bonds is 9. The maximum Gasteiger partial charge on any atom is 0.391 e. The zero-order chi connectivity index (χ0) is 23.4. The smallest absolute Gasteiger partial charge is 0.303 e. The number of benzene rings is 2. The largest absolute Gasteiger partial charge is 0.391 e. The van der Waals surface area contributed by atoms with E-state index in [0.29, 0.717) is 6.42 Å². The number of aryl methyl sites for hydroxylation is 1. The molecule has 2 aromatic carbocycles. The number of likely N-dealkylation sites (N-methyl/N-ethyl adjacent to an activating group) is 1. The fourth-order valence-corrected chi connectivity index (χ4v) is 4.40. The van der Waals surface area contributed by atoms with E-state index >= 15 is 0 Å². The molecule has 0 radical (unpaired) electrons. The van der Waals surface area contributed by atoms with Crippen molar-refractivity contribution in [2.24, 2.45) is 5.92 Å². The van der Waals surface area contributed by atoms with E-state index in [9.17, 15) is 13.2 Å². The lowest BCUT2D eigenvalue weighted by Crippen LogP contribution is -2.27. The Morgan fingerprint density at radius 3 is 2.12 bits per heavy atom. The monoisotopic (exact) mass is 444 g/mol. The highest BCUT2D eigenvalue weighted by Crippen LogP contribution is 2.45. The molecular formula is C27H35F3N2. The molecule has 0 aromatic heterocycles. The van der Waals surface area contributed by atoms with Gasteiger partial charge in [0.05, 0.1) is 12.0 Å². The highest BCUT2D eigenvalue weighted by atomic mass is 19.4. The molecule has 174 valence electrons. The van der Waals surface area contributed by atoms with Crippen LogP contribution in [-0.2, 0) is 12.8 Å². The molecule has 1 aliphatic carbocycles. The molecule has 0 spiro atoms. The van der Waals surface area contributed by atoms with Gasteiger partial charge in [0.25, 0.3) is 0 Å². The Kier molecular flexibility index (Phi) is 10.8. The first-order valence-corrected chi connectivity index (χ1v) is 11.6. The highest BCUT2D eigenvalue weighted by Gasteiger charge is 2.44. The van der Waals surface area contributed by atoms with Crippen LogP contribution < -0.4 is 0 Å². The van der Waals surface area contributed by atoms with Crippen LogP contribution in [0.4, 0.5) is 13.2 Å². The number of nitriles is 1.